The third-order valence-corrected chi connectivity index (χ3v) is 3.71. The Labute approximate surface area is 122 Å². The van der Waals surface area contributed by atoms with Crippen LogP contribution in [0, 0.1) is 0 Å². The Kier molecular flexibility index (Phi) is 5.66. The van der Waals surface area contributed by atoms with Crippen molar-refractivity contribution in [1.29, 1.82) is 0 Å². The largest absolute Gasteiger partial charge is 0.356 e. The van der Waals surface area contributed by atoms with Gasteiger partial charge in [-0.05, 0) is 36.8 Å². The number of nitrogens with zero attached hydrogens (tertiary/aromatic N) is 1. The van der Waals surface area contributed by atoms with E-state index < -0.39 is 0 Å². The number of nitrogens with one attached hydrogen (secondary N) is 2. The molecule has 108 valence electrons. The van der Waals surface area contributed by atoms with Crippen molar-refractivity contribution in [2.24, 2.45) is 4.99 Å². The molecule has 0 saturated heterocycles. The average Bonchev–Trinajstić information content (AvgIpc) is 3.00. The maximum atomic E-state index is 4.28. The molecule has 0 aliphatic heterocycles. The summed E-state index contributed by atoms with van der Waals surface area (Å²) in [6, 6.07) is 9.37. The molecule has 0 fully saturated rings. The van der Waals surface area contributed by atoms with Gasteiger partial charge in [0.15, 0.2) is 5.96 Å². The van der Waals surface area contributed by atoms with Crippen LogP contribution in [0.3, 0.4) is 0 Å². The van der Waals surface area contributed by atoms with Gasteiger partial charge in [-0.25, -0.2) is 0 Å². The minimum Gasteiger partial charge on any atom is -0.356 e. The van der Waals surface area contributed by atoms with Crippen molar-refractivity contribution >= 4 is 5.96 Å². The second-order valence-electron chi connectivity index (χ2n) is 5.20. The van der Waals surface area contributed by atoms with Crippen LogP contribution in [0.1, 0.15) is 30.9 Å². The Balaban J connectivity index is 1.72. The number of guanidine groups is 1. The monoisotopic (exact) mass is 271 g/mol. The third kappa shape index (κ3) is 4.41. The Bertz CT molecular complexity index is 452. The zero-order valence-corrected chi connectivity index (χ0v) is 12.5. The maximum absolute atomic E-state index is 4.28. The minimum atomic E-state index is 0.505. The van der Waals surface area contributed by atoms with E-state index in [0.717, 1.165) is 38.2 Å². The Morgan fingerprint density at radius 3 is 2.40 bits per heavy atom. The first-order chi connectivity index (χ1) is 9.81. The van der Waals surface area contributed by atoms with Crippen LogP contribution in [-0.4, -0.2) is 25.6 Å². The molecule has 0 heterocycles. The van der Waals surface area contributed by atoms with Gasteiger partial charge in [-0.2, -0.15) is 0 Å². The summed E-state index contributed by atoms with van der Waals surface area (Å²) in [5.74, 6) is 0.906. The molecule has 0 spiro atoms. The molecule has 1 aliphatic rings. The molecule has 3 nitrogen and oxygen atoms in total. The number of aryl methyl sites for hydroxylation is 1. The number of benzene rings is 1. The maximum Gasteiger partial charge on any atom is 0.191 e. The van der Waals surface area contributed by atoms with E-state index in [4.69, 9.17) is 0 Å². The molecule has 0 saturated carbocycles. The molecule has 20 heavy (non-hydrogen) atoms. The van der Waals surface area contributed by atoms with E-state index in [1.54, 1.807) is 0 Å². The van der Waals surface area contributed by atoms with Crippen molar-refractivity contribution in [3.05, 3.63) is 47.5 Å². The van der Waals surface area contributed by atoms with Crippen molar-refractivity contribution in [2.45, 2.75) is 38.6 Å². The van der Waals surface area contributed by atoms with E-state index >= 15 is 0 Å². The smallest absolute Gasteiger partial charge is 0.191 e. The normalized spacial score (nSPS) is 15.6. The van der Waals surface area contributed by atoms with E-state index in [2.05, 4.69) is 59.0 Å². The van der Waals surface area contributed by atoms with Crippen LogP contribution in [0.5, 0.6) is 0 Å². The Hall–Kier alpha value is -1.77. The highest BCUT2D eigenvalue weighted by atomic mass is 15.2. The summed E-state index contributed by atoms with van der Waals surface area (Å²) in [7, 11) is 1.83. The van der Waals surface area contributed by atoms with Crippen LogP contribution in [0.25, 0.3) is 0 Å². The van der Waals surface area contributed by atoms with Crippen LogP contribution in [0.4, 0.5) is 0 Å². The second-order valence-corrected chi connectivity index (χ2v) is 5.20. The highest BCUT2D eigenvalue weighted by molar-refractivity contribution is 5.80. The van der Waals surface area contributed by atoms with E-state index in [-0.39, 0.29) is 0 Å². The van der Waals surface area contributed by atoms with Gasteiger partial charge in [0.1, 0.15) is 0 Å². The van der Waals surface area contributed by atoms with Crippen molar-refractivity contribution < 1.29 is 0 Å². The first-order valence-electron chi connectivity index (χ1n) is 7.51. The molecule has 1 aromatic rings. The zero-order valence-electron chi connectivity index (χ0n) is 12.5. The molecule has 2 rings (SSSR count). The molecule has 0 unspecified atom stereocenters. The first kappa shape index (κ1) is 14.6. The van der Waals surface area contributed by atoms with Gasteiger partial charge in [0, 0.05) is 19.6 Å². The van der Waals surface area contributed by atoms with Gasteiger partial charge in [0.25, 0.3) is 0 Å². The number of rotatable bonds is 5. The predicted octanol–water partition coefficient (Wildman–Crippen LogP) is 2.68. The molecule has 3 heteroatoms. The molecule has 1 aliphatic carbocycles. The summed E-state index contributed by atoms with van der Waals surface area (Å²) in [6.07, 6.45) is 8.76. The summed E-state index contributed by atoms with van der Waals surface area (Å²) < 4.78 is 0. The molecule has 1 aromatic carbocycles. The van der Waals surface area contributed by atoms with Crippen LogP contribution < -0.4 is 10.6 Å². The number of hydrogen-bond donors (Lipinski definition) is 2. The molecule has 0 amide bonds. The fraction of sp³-hybridized carbons (Fsp3) is 0.471. The van der Waals surface area contributed by atoms with E-state index in [9.17, 15) is 0 Å². The Morgan fingerprint density at radius 2 is 1.80 bits per heavy atom. The third-order valence-electron chi connectivity index (χ3n) is 3.71. The lowest BCUT2D eigenvalue weighted by molar-refractivity contribution is 0.633. The lowest BCUT2D eigenvalue weighted by Crippen LogP contribution is -2.43. The Morgan fingerprint density at radius 1 is 1.15 bits per heavy atom. The topological polar surface area (TPSA) is 36.4 Å². The van der Waals surface area contributed by atoms with Gasteiger partial charge < -0.3 is 10.6 Å². The molecule has 0 atom stereocenters. The van der Waals surface area contributed by atoms with Crippen molar-refractivity contribution in [3.63, 3.8) is 0 Å². The van der Waals surface area contributed by atoms with Gasteiger partial charge in [0.05, 0.1) is 0 Å². The highest BCUT2D eigenvalue weighted by Gasteiger charge is 2.11. The molecule has 2 N–H and O–H groups in total. The van der Waals surface area contributed by atoms with Gasteiger partial charge in [0.2, 0.25) is 0 Å². The van der Waals surface area contributed by atoms with E-state index in [1.165, 1.54) is 11.1 Å². The van der Waals surface area contributed by atoms with Crippen molar-refractivity contribution in [1.82, 2.24) is 10.6 Å². The fourth-order valence-electron chi connectivity index (χ4n) is 2.39. The standard InChI is InChI=1S/C17H25N3/c1-3-14-8-10-15(11-9-14)12-13-19-17(18-2)20-16-6-4-5-7-16/h4-5,8-11,16H,3,6-7,12-13H2,1-2H3,(H2,18,19,20). The van der Waals surface area contributed by atoms with Crippen LogP contribution >= 0.6 is 0 Å². The lowest BCUT2D eigenvalue weighted by Gasteiger charge is -2.16. The fourth-order valence-corrected chi connectivity index (χ4v) is 2.39. The summed E-state index contributed by atoms with van der Waals surface area (Å²) in [5.41, 5.74) is 2.76. The summed E-state index contributed by atoms with van der Waals surface area (Å²) in [4.78, 5) is 4.28. The minimum absolute atomic E-state index is 0.505. The van der Waals surface area contributed by atoms with Crippen LogP contribution in [-0.2, 0) is 12.8 Å². The average molecular weight is 271 g/mol. The van der Waals surface area contributed by atoms with Gasteiger partial charge in [-0.15, -0.1) is 0 Å². The summed E-state index contributed by atoms with van der Waals surface area (Å²) in [5, 5.41) is 6.83. The summed E-state index contributed by atoms with van der Waals surface area (Å²) >= 11 is 0. The van der Waals surface area contributed by atoms with E-state index in [1.807, 2.05) is 7.05 Å². The van der Waals surface area contributed by atoms with E-state index in [0.29, 0.717) is 6.04 Å². The zero-order chi connectivity index (χ0) is 14.2. The highest BCUT2D eigenvalue weighted by Crippen LogP contribution is 2.08. The molecule has 0 aromatic heterocycles. The second kappa shape index (κ2) is 7.73. The molecular formula is C17H25N3. The molecule has 0 radical (unpaired) electrons. The number of hydrogen-bond acceptors (Lipinski definition) is 1. The van der Waals surface area contributed by atoms with Crippen LogP contribution in [0.2, 0.25) is 0 Å². The summed E-state index contributed by atoms with van der Waals surface area (Å²) in [6.45, 7) is 3.09. The van der Waals surface area contributed by atoms with Gasteiger partial charge in [-0.1, -0.05) is 43.3 Å². The number of aliphatic imine (C=N–C) groups is 1. The van der Waals surface area contributed by atoms with Crippen molar-refractivity contribution in [2.75, 3.05) is 13.6 Å². The van der Waals surface area contributed by atoms with Crippen molar-refractivity contribution in [3.8, 4) is 0 Å². The predicted molar refractivity (Wildman–Crippen MR) is 86.2 cm³/mol. The van der Waals surface area contributed by atoms with Gasteiger partial charge >= 0.3 is 0 Å². The molecule has 0 bridgehead atoms. The first-order valence-corrected chi connectivity index (χ1v) is 7.51. The van der Waals surface area contributed by atoms with Crippen LogP contribution in [0.15, 0.2) is 41.4 Å². The lowest BCUT2D eigenvalue weighted by atomic mass is 10.1. The quantitative estimate of drug-likeness (QED) is 0.491. The van der Waals surface area contributed by atoms with Gasteiger partial charge in [-0.3, -0.25) is 4.99 Å². The molecular weight excluding hydrogens is 246 g/mol. The SMILES string of the molecule is CCc1ccc(CCNC(=NC)NC2CC=CC2)cc1.